The number of amides is 1. The first-order valence-corrected chi connectivity index (χ1v) is 12.6. The van der Waals surface area contributed by atoms with E-state index in [2.05, 4.69) is 20.6 Å². The number of nitrogens with two attached hydrogens (primary N) is 1. The van der Waals surface area contributed by atoms with Gasteiger partial charge in [0.25, 0.3) is 5.91 Å². The molecule has 0 bridgehead atoms. The number of methoxy groups -OCH3 is 2. The van der Waals surface area contributed by atoms with Crippen LogP contribution in [0.25, 0.3) is 16.9 Å². The average Bonchev–Trinajstić information content (AvgIpc) is 3.43. The minimum Gasteiger partial charge on any atom is -0.496 e. The fraction of sp³-hybridized carbons (Fsp3) is 0.259. The molecule has 5 N–H and O–H groups in total. The summed E-state index contributed by atoms with van der Waals surface area (Å²) in [4.78, 5) is 30.1. The maximum atomic E-state index is 14.7. The molecule has 0 spiro atoms. The van der Waals surface area contributed by atoms with Gasteiger partial charge in [-0.15, -0.1) is 0 Å². The molecular formula is C27H27F5N6O6. The Morgan fingerprint density at radius 2 is 1.73 bits per heavy atom. The fourth-order valence-electron chi connectivity index (χ4n) is 3.70. The first-order chi connectivity index (χ1) is 20.9. The topological polar surface area (TPSA) is 162 Å². The van der Waals surface area contributed by atoms with Crippen molar-refractivity contribution in [3.05, 3.63) is 66.1 Å². The number of benzene rings is 2. The zero-order chi connectivity index (χ0) is 32.4. The van der Waals surface area contributed by atoms with Crippen molar-refractivity contribution in [2.45, 2.75) is 6.18 Å². The molecule has 0 saturated heterocycles. The van der Waals surface area contributed by atoms with Crippen LogP contribution < -0.4 is 25.8 Å². The number of carbonyl (C=O) groups excluding carboxylic acids is 1. The lowest BCUT2D eigenvalue weighted by Gasteiger charge is -2.13. The van der Waals surface area contributed by atoms with Crippen LogP contribution >= 0.6 is 0 Å². The first kappa shape index (κ1) is 33.5. The predicted molar refractivity (Wildman–Crippen MR) is 147 cm³/mol. The second-order valence-electron chi connectivity index (χ2n) is 8.56. The molecule has 17 heteroatoms. The third kappa shape index (κ3) is 8.07. The lowest BCUT2D eigenvalue weighted by atomic mass is 10.1. The van der Waals surface area contributed by atoms with Gasteiger partial charge in [-0.3, -0.25) is 9.20 Å². The molecule has 2 aromatic carbocycles. The van der Waals surface area contributed by atoms with Crippen molar-refractivity contribution in [2.24, 2.45) is 5.73 Å². The van der Waals surface area contributed by atoms with Gasteiger partial charge in [-0.25, -0.2) is 19.2 Å². The van der Waals surface area contributed by atoms with Gasteiger partial charge in [0.15, 0.2) is 23.0 Å². The standard InChI is InChI=1S/C25H26F2N6O4.C2HF3O2/c1-35-19-6-5-16(21(26)22(19)27)18-14-31-24-23(29-8-10-33(18)24)32-15-3-4-17(20(13-15)36-2)25(34)30-9-12-37-11-7-28;3-2(4,5)1(6)7/h3-6,8,10,13-14H,7,9,11-12,28H2,1-2H3,(H,29,32)(H,30,34);(H,6,7). The van der Waals surface area contributed by atoms with Crippen LogP contribution in [0.15, 0.2) is 48.9 Å². The van der Waals surface area contributed by atoms with Gasteiger partial charge in [-0.1, -0.05) is 0 Å². The van der Waals surface area contributed by atoms with Crippen LogP contribution in [0.2, 0.25) is 0 Å². The maximum Gasteiger partial charge on any atom is 0.490 e. The number of hydrogen-bond acceptors (Lipinski definition) is 9. The number of imidazole rings is 1. The van der Waals surface area contributed by atoms with E-state index in [1.165, 1.54) is 38.7 Å². The van der Waals surface area contributed by atoms with E-state index >= 15 is 0 Å². The number of aliphatic carboxylic acids is 1. The van der Waals surface area contributed by atoms with Crippen LogP contribution in [0.4, 0.5) is 33.5 Å². The normalized spacial score (nSPS) is 11.0. The molecule has 4 aromatic rings. The van der Waals surface area contributed by atoms with Gasteiger partial charge < -0.3 is 35.7 Å². The van der Waals surface area contributed by atoms with Gasteiger partial charge in [-0.05, 0) is 24.3 Å². The smallest absolute Gasteiger partial charge is 0.490 e. The Morgan fingerprint density at radius 3 is 2.36 bits per heavy atom. The predicted octanol–water partition coefficient (Wildman–Crippen LogP) is 3.77. The fourth-order valence-corrected chi connectivity index (χ4v) is 3.70. The quantitative estimate of drug-likeness (QED) is 0.142. The van der Waals surface area contributed by atoms with Crippen LogP contribution in [0.3, 0.4) is 0 Å². The summed E-state index contributed by atoms with van der Waals surface area (Å²) >= 11 is 0. The lowest BCUT2D eigenvalue weighted by molar-refractivity contribution is -0.192. The van der Waals surface area contributed by atoms with Crippen molar-refractivity contribution in [1.29, 1.82) is 0 Å². The number of rotatable bonds is 11. The number of nitrogens with one attached hydrogen (secondary N) is 2. The van der Waals surface area contributed by atoms with Crippen LogP contribution in [0.5, 0.6) is 11.5 Å². The molecule has 0 saturated carbocycles. The summed E-state index contributed by atoms with van der Waals surface area (Å²) < 4.78 is 77.8. The Bertz CT molecular complexity index is 1610. The molecule has 0 aliphatic carbocycles. The Labute approximate surface area is 246 Å². The summed E-state index contributed by atoms with van der Waals surface area (Å²) in [5, 5.41) is 13.0. The molecule has 0 atom stereocenters. The van der Waals surface area contributed by atoms with E-state index in [1.807, 2.05) is 0 Å². The van der Waals surface area contributed by atoms with Crippen molar-refractivity contribution >= 4 is 29.0 Å². The molecule has 1 amide bonds. The highest BCUT2D eigenvalue weighted by Gasteiger charge is 2.38. The van der Waals surface area contributed by atoms with E-state index in [9.17, 15) is 26.7 Å². The largest absolute Gasteiger partial charge is 0.496 e. The highest BCUT2D eigenvalue weighted by atomic mass is 19.4. The summed E-state index contributed by atoms with van der Waals surface area (Å²) in [6.07, 6.45) is -0.558. The second kappa shape index (κ2) is 14.9. The average molecular weight is 627 g/mol. The van der Waals surface area contributed by atoms with Crippen molar-refractivity contribution < 1.29 is 50.9 Å². The monoisotopic (exact) mass is 626 g/mol. The molecule has 2 aromatic heterocycles. The molecule has 0 aliphatic heterocycles. The van der Waals surface area contributed by atoms with Crippen molar-refractivity contribution in [3.63, 3.8) is 0 Å². The molecule has 0 radical (unpaired) electrons. The Balaban J connectivity index is 0.000000676. The minimum atomic E-state index is -5.08. The summed E-state index contributed by atoms with van der Waals surface area (Å²) in [5.41, 5.74) is 7.03. The van der Waals surface area contributed by atoms with Crippen LogP contribution in [0.1, 0.15) is 10.4 Å². The molecule has 0 fully saturated rings. The number of nitrogens with zero attached hydrogens (tertiary/aromatic N) is 3. The molecule has 0 aliphatic rings. The summed E-state index contributed by atoms with van der Waals surface area (Å²) in [6, 6.07) is 7.73. The Kier molecular flexibility index (Phi) is 11.4. The molecule has 4 rings (SSSR count). The van der Waals surface area contributed by atoms with Gasteiger partial charge >= 0.3 is 12.1 Å². The number of anilines is 2. The Hall–Kier alpha value is -5.03. The number of carboxylic acids is 1. The molecule has 12 nitrogen and oxygen atoms in total. The van der Waals surface area contributed by atoms with Gasteiger partial charge in [-0.2, -0.15) is 17.6 Å². The van der Waals surface area contributed by atoms with Crippen LogP contribution in [0, 0.1) is 11.6 Å². The van der Waals surface area contributed by atoms with Gasteiger partial charge in [0.05, 0.1) is 44.9 Å². The van der Waals surface area contributed by atoms with E-state index in [0.29, 0.717) is 60.5 Å². The number of fused-ring (bicyclic) bond motifs is 1. The molecule has 236 valence electrons. The van der Waals surface area contributed by atoms with Gasteiger partial charge in [0.1, 0.15) is 5.75 Å². The summed E-state index contributed by atoms with van der Waals surface area (Å²) in [7, 11) is 2.73. The highest BCUT2D eigenvalue weighted by molar-refractivity contribution is 5.97. The van der Waals surface area contributed by atoms with Crippen molar-refractivity contribution in [2.75, 3.05) is 45.8 Å². The molecule has 2 heterocycles. The molecular weight excluding hydrogens is 599 g/mol. The van der Waals surface area contributed by atoms with Crippen LogP contribution in [-0.4, -0.2) is 78.1 Å². The number of hydrogen-bond donors (Lipinski definition) is 4. The third-order valence-corrected chi connectivity index (χ3v) is 5.72. The number of carboxylic acid groups (broad SMARTS) is 1. The van der Waals surface area contributed by atoms with E-state index in [0.717, 1.165) is 0 Å². The second-order valence-corrected chi connectivity index (χ2v) is 8.56. The summed E-state index contributed by atoms with van der Waals surface area (Å²) in [6.45, 7) is 1.51. The van der Waals surface area contributed by atoms with Gasteiger partial charge in [0, 0.05) is 42.8 Å². The number of aromatic nitrogens is 3. The number of alkyl halides is 3. The zero-order valence-corrected chi connectivity index (χ0v) is 23.2. The summed E-state index contributed by atoms with van der Waals surface area (Å²) in [5.74, 6) is -4.68. The maximum absolute atomic E-state index is 14.7. The van der Waals surface area contributed by atoms with Crippen molar-refractivity contribution in [1.82, 2.24) is 19.7 Å². The zero-order valence-electron chi connectivity index (χ0n) is 23.2. The van der Waals surface area contributed by atoms with E-state index in [1.54, 1.807) is 28.8 Å². The lowest BCUT2D eigenvalue weighted by Crippen LogP contribution is -2.28. The van der Waals surface area contributed by atoms with E-state index in [-0.39, 0.29) is 17.2 Å². The SMILES string of the molecule is COc1cc(Nc2nccn3c(-c4ccc(OC)c(F)c4F)cnc23)ccc1C(=O)NCCOCCN.O=C(O)C(F)(F)F. The van der Waals surface area contributed by atoms with E-state index in [4.69, 9.17) is 29.8 Å². The minimum absolute atomic E-state index is 0.0217. The number of ether oxygens (including phenoxy) is 3. The number of carbonyl (C=O) groups is 2. The molecule has 44 heavy (non-hydrogen) atoms. The van der Waals surface area contributed by atoms with Gasteiger partial charge in [0.2, 0.25) is 5.82 Å². The third-order valence-electron chi connectivity index (χ3n) is 5.72. The first-order valence-electron chi connectivity index (χ1n) is 12.6. The Morgan fingerprint density at radius 1 is 1.02 bits per heavy atom. The highest BCUT2D eigenvalue weighted by Crippen LogP contribution is 2.32. The number of halogens is 5. The van der Waals surface area contributed by atoms with Crippen LogP contribution in [-0.2, 0) is 9.53 Å². The van der Waals surface area contributed by atoms with Crippen molar-refractivity contribution in [3.8, 4) is 22.8 Å². The molecule has 0 unspecified atom stereocenters. The van der Waals surface area contributed by atoms with E-state index < -0.39 is 23.8 Å².